The molecular formula is C21H28O4. The van der Waals surface area contributed by atoms with Gasteiger partial charge < -0.3 is 9.84 Å². The first kappa shape index (κ1) is 19.2. The van der Waals surface area contributed by atoms with E-state index < -0.39 is 5.97 Å². The number of rotatable bonds is 8. The minimum absolute atomic E-state index is 0.00834. The van der Waals surface area contributed by atoms with Crippen molar-refractivity contribution >= 4 is 18.0 Å². The summed E-state index contributed by atoms with van der Waals surface area (Å²) in [6.07, 6.45) is 11.9. The van der Waals surface area contributed by atoms with E-state index in [9.17, 15) is 9.59 Å². The third-order valence-corrected chi connectivity index (χ3v) is 4.91. The monoisotopic (exact) mass is 344 g/mol. The van der Waals surface area contributed by atoms with Crippen LogP contribution in [0.15, 0.2) is 30.3 Å². The number of carboxylic acid groups (broad SMARTS) is 1. The Hall–Kier alpha value is -2.10. The van der Waals surface area contributed by atoms with Gasteiger partial charge in [-0.2, -0.15) is 0 Å². The maximum absolute atomic E-state index is 12.3. The lowest BCUT2D eigenvalue weighted by molar-refractivity contribution is -0.140. The van der Waals surface area contributed by atoms with Gasteiger partial charge in [0, 0.05) is 6.08 Å². The number of unbranched alkanes of at least 4 members (excludes halogenated alkanes) is 2. The Morgan fingerprint density at radius 1 is 1.12 bits per heavy atom. The number of benzene rings is 1. The van der Waals surface area contributed by atoms with E-state index >= 15 is 0 Å². The van der Waals surface area contributed by atoms with Crippen LogP contribution in [0.3, 0.4) is 0 Å². The fraction of sp³-hybridized carbons (Fsp3) is 0.524. The summed E-state index contributed by atoms with van der Waals surface area (Å²) in [5, 5.41) is 8.62. The molecule has 1 aliphatic carbocycles. The number of esters is 1. The van der Waals surface area contributed by atoms with Crippen LogP contribution in [0.25, 0.3) is 6.08 Å². The van der Waals surface area contributed by atoms with Crippen LogP contribution in [-0.4, -0.2) is 17.0 Å². The molecule has 2 rings (SSSR count). The summed E-state index contributed by atoms with van der Waals surface area (Å²) < 4.78 is 5.49. The van der Waals surface area contributed by atoms with Crippen molar-refractivity contribution in [1.29, 1.82) is 0 Å². The number of ether oxygens (including phenoxy) is 1. The minimum Gasteiger partial charge on any atom is -0.478 e. The van der Waals surface area contributed by atoms with Crippen LogP contribution in [0.2, 0.25) is 0 Å². The number of carboxylic acids is 1. The standard InChI is InChI=1S/C21H28O4/c1-2-3-4-5-16-6-11-18(12-7-16)21(24)25-19-13-8-17(9-14-19)10-15-20(22)23/h8-10,13-16,18H,2-7,11-12H2,1H3,(H,22,23)/b15-10-. The van der Waals surface area contributed by atoms with E-state index in [2.05, 4.69) is 6.92 Å². The predicted octanol–water partition coefficient (Wildman–Crippen LogP) is 5.08. The molecule has 1 aliphatic rings. The molecule has 1 fully saturated rings. The zero-order chi connectivity index (χ0) is 18.1. The topological polar surface area (TPSA) is 63.6 Å². The Labute approximate surface area is 149 Å². The smallest absolute Gasteiger partial charge is 0.328 e. The lowest BCUT2D eigenvalue weighted by atomic mass is 9.80. The summed E-state index contributed by atoms with van der Waals surface area (Å²) in [6.45, 7) is 2.22. The highest BCUT2D eigenvalue weighted by Gasteiger charge is 2.27. The molecule has 4 heteroatoms. The number of hydrogen-bond acceptors (Lipinski definition) is 3. The highest BCUT2D eigenvalue weighted by atomic mass is 16.5. The molecule has 136 valence electrons. The quantitative estimate of drug-likeness (QED) is 0.309. The van der Waals surface area contributed by atoms with Crippen molar-refractivity contribution < 1.29 is 19.4 Å². The van der Waals surface area contributed by atoms with Crippen LogP contribution in [0.1, 0.15) is 63.9 Å². The molecule has 0 heterocycles. The first-order valence-electron chi connectivity index (χ1n) is 9.31. The molecule has 0 saturated heterocycles. The fourth-order valence-electron chi connectivity index (χ4n) is 3.38. The first-order chi connectivity index (χ1) is 12.1. The van der Waals surface area contributed by atoms with E-state index in [0.29, 0.717) is 5.75 Å². The predicted molar refractivity (Wildman–Crippen MR) is 98.3 cm³/mol. The Morgan fingerprint density at radius 2 is 1.80 bits per heavy atom. The van der Waals surface area contributed by atoms with Crippen molar-refractivity contribution in [3.8, 4) is 5.75 Å². The van der Waals surface area contributed by atoms with Crippen LogP contribution in [0.5, 0.6) is 5.75 Å². The summed E-state index contributed by atoms with van der Waals surface area (Å²) in [5.74, 6) is 0.175. The van der Waals surface area contributed by atoms with Gasteiger partial charge in [-0.15, -0.1) is 0 Å². The SMILES string of the molecule is CCCCCC1CCC(C(=O)Oc2ccc(/C=C\C(=O)O)cc2)CC1. The molecule has 1 aromatic carbocycles. The Kier molecular flexibility index (Phi) is 7.71. The largest absolute Gasteiger partial charge is 0.478 e. The summed E-state index contributed by atoms with van der Waals surface area (Å²) in [6, 6.07) is 6.89. The molecule has 25 heavy (non-hydrogen) atoms. The normalized spacial score (nSPS) is 20.5. The number of aliphatic carboxylic acids is 1. The van der Waals surface area contributed by atoms with E-state index in [1.54, 1.807) is 24.3 Å². The molecular weight excluding hydrogens is 316 g/mol. The molecule has 0 spiro atoms. The molecule has 0 radical (unpaired) electrons. The van der Waals surface area contributed by atoms with Crippen LogP contribution in [-0.2, 0) is 9.59 Å². The van der Waals surface area contributed by atoms with Gasteiger partial charge in [0.25, 0.3) is 0 Å². The zero-order valence-electron chi connectivity index (χ0n) is 14.9. The molecule has 1 aromatic rings. The van der Waals surface area contributed by atoms with E-state index in [1.807, 2.05) is 0 Å². The maximum Gasteiger partial charge on any atom is 0.328 e. The molecule has 1 saturated carbocycles. The molecule has 0 bridgehead atoms. The average Bonchev–Trinajstić information content (AvgIpc) is 2.62. The Balaban J connectivity index is 1.77. The molecule has 0 amide bonds. The molecule has 4 nitrogen and oxygen atoms in total. The molecule has 0 atom stereocenters. The van der Waals surface area contributed by atoms with Gasteiger partial charge in [-0.1, -0.05) is 44.7 Å². The van der Waals surface area contributed by atoms with Gasteiger partial charge in [0.1, 0.15) is 5.75 Å². The second kappa shape index (κ2) is 10.0. The van der Waals surface area contributed by atoms with Crippen molar-refractivity contribution in [2.24, 2.45) is 11.8 Å². The van der Waals surface area contributed by atoms with Gasteiger partial charge in [0.05, 0.1) is 5.92 Å². The fourth-order valence-corrected chi connectivity index (χ4v) is 3.38. The van der Waals surface area contributed by atoms with Crippen LogP contribution >= 0.6 is 0 Å². The summed E-state index contributed by atoms with van der Waals surface area (Å²) in [7, 11) is 0. The van der Waals surface area contributed by atoms with Gasteiger partial charge in [0.2, 0.25) is 0 Å². The second-order valence-electron chi connectivity index (χ2n) is 6.88. The highest BCUT2D eigenvalue weighted by molar-refractivity contribution is 5.85. The van der Waals surface area contributed by atoms with Gasteiger partial charge in [-0.05, 0) is 55.4 Å². The number of hydrogen-bond donors (Lipinski definition) is 1. The lowest BCUT2D eigenvalue weighted by Crippen LogP contribution is -2.25. The first-order valence-corrected chi connectivity index (χ1v) is 9.31. The van der Waals surface area contributed by atoms with Crippen molar-refractivity contribution in [2.75, 3.05) is 0 Å². The molecule has 0 aromatic heterocycles. The third kappa shape index (κ3) is 6.73. The van der Waals surface area contributed by atoms with Crippen molar-refractivity contribution in [1.82, 2.24) is 0 Å². The maximum atomic E-state index is 12.3. The summed E-state index contributed by atoms with van der Waals surface area (Å²) in [4.78, 5) is 22.8. The zero-order valence-corrected chi connectivity index (χ0v) is 14.9. The van der Waals surface area contributed by atoms with Gasteiger partial charge >= 0.3 is 11.9 Å². The molecule has 1 N–H and O–H groups in total. The number of carbonyl (C=O) groups excluding carboxylic acids is 1. The third-order valence-electron chi connectivity index (χ3n) is 4.91. The van der Waals surface area contributed by atoms with Crippen molar-refractivity contribution in [3.05, 3.63) is 35.9 Å². The van der Waals surface area contributed by atoms with Crippen LogP contribution in [0, 0.1) is 11.8 Å². The van der Waals surface area contributed by atoms with Gasteiger partial charge in [-0.3, -0.25) is 4.79 Å². The summed E-state index contributed by atoms with van der Waals surface area (Å²) in [5.41, 5.74) is 0.759. The van der Waals surface area contributed by atoms with E-state index in [0.717, 1.165) is 43.2 Å². The van der Waals surface area contributed by atoms with E-state index in [1.165, 1.54) is 31.8 Å². The lowest BCUT2D eigenvalue weighted by Gasteiger charge is -2.27. The van der Waals surface area contributed by atoms with Crippen molar-refractivity contribution in [2.45, 2.75) is 58.3 Å². The number of carbonyl (C=O) groups is 2. The molecule has 0 aliphatic heterocycles. The van der Waals surface area contributed by atoms with Crippen LogP contribution in [0.4, 0.5) is 0 Å². The minimum atomic E-state index is -0.985. The Morgan fingerprint density at radius 3 is 2.40 bits per heavy atom. The van der Waals surface area contributed by atoms with Gasteiger partial charge in [-0.25, -0.2) is 4.79 Å². The van der Waals surface area contributed by atoms with E-state index in [-0.39, 0.29) is 11.9 Å². The van der Waals surface area contributed by atoms with Crippen LogP contribution < -0.4 is 4.74 Å². The van der Waals surface area contributed by atoms with Crippen molar-refractivity contribution in [3.63, 3.8) is 0 Å². The summed E-state index contributed by atoms with van der Waals surface area (Å²) >= 11 is 0. The molecule has 0 unspecified atom stereocenters. The highest BCUT2D eigenvalue weighted by Crippen LogP contribution is 2.33. The second-order valence-corrected chi connectivity index (χ2v) is 6.88. The average molecular weight is 344 g/mol. The Bertz CT molecular complexity index is 580. The van der Waals surface area contributed by atoms with Gasteiger partial charge in [0.15, 0.2) is 0 Å². The van der Waals surface area contributed by atoms with E-state index in [4.69, 9.17) is 9.84 Å².